The summed E-state index contributed by atoms with van der Waals surface area (Å²) in [5.41, 5.74) is 4.92. The van der Waals surface area contributed by atoms with Gasteiger partial charge in [-0.05, 0) is 87.0 Å². The second kappa shape index (κ2) is 14.1. The van der Waals surface area contributed by atoms with Crippen LogP contribution in [0.4, 0.5) is 5.69 Å². The monoisotopic (exact) mass is 544 g/mol. The van der Waals surface area contributed by atoms with Crippen molar-refractivity contribution in [1.29, 1.82) is 0 Å². The van der Waals surface area contributed by atoms with Gasteiger partial charge >= 0.3 is 0 Å². The molecule has 7 nitrogen and oxygen atoms in total. The number of rotatable bonds is 10. The molecule has 1 heterocycles. The molecule has 2 aliphatic rings. The highest BCUT2D eigenvalue weighted by atomic mass is 16.1. The van der Waals surface area contributed by atoms with Gasteiger partial charge in [-0.2, -0.15) is 0 Å². The second-order valence-corrected chi connectivity index (χ2v) is 10.4. The number of allylic oxidation sites excluding steroid dienone is 1. The maximum absolute atomic E-state index is 12.3. The van der Waals surface area contributed by atoms with Crippen LogP contribution in [0.2, 0.25) is 0 Å². The fraction of sp³-hybridized carbons (Fsp3) is 0.294. The standard InChI is InChI=1S/C34H36N6O/c1-35-33(39-29-10-3-2-4-11-29)31(32-12-5-6-21-37-32)23-36-24-38-28-17-15-25(16-18-28)13-14-26-8-7-9-27(22-26)34(41)40-30-19-20-30/h5-9,12,15-18,21-23,29-30,38-39H,1-4,10-11,19-20,24H2,(H,40,41)/b33-31-,36-23-. The van der Waals surface area contributed by atoms with Gasteiger partial charge in [0.25, 0.3) is 5.91 Å². The van der Waals surface area contributed by atoms with Crippen LogP contribution < -0.4 is 16.0 Å². The van der Waals surface area contributed by atoms with Crippen molar-refractivity contribution in [2.24, 2.45) is 9.98 Å². The van der Waals surface area contributed by atoms with Crippen LogP contribution in [-0.4, -0.2) is 42.6 Å². The van der Waals surface area contributed by atoms with Gasteiger partial charge in [0.15, 0.2) is 0 Å². The van der Waals surface area contributed by atoms with Crippen LogP contribution in [0.15, 0.2) is 88.7 Å². The molecule has 2 aromatic carbocycles. The first kappa shape index (κ1) is 27.9. The van der Waals surface area contributed by atoms with Crippen molar-refractivity contribution >= 4 is 30.1 Å². The average Bonchev–Trinajstić information content (AvgIpc) is 3.85. The van der Waals surface area contributed by atoms with E-state index < -0.39 is 0 Å². The SMILES string of the molecule is C=N/C(NC1CCCCC1)=C(\C=N/CNc1ccc(C#Cc2cccc(C(=O)NC3CC3)c2)cc1)c1ccccn1. The smallest absolute Gasteiger partial charge is 0.251 e. The zero-order chi connectivity index (χ0) is 28.3. The maximum Gasteiger partial charge on any atom is 0.251 e. The predicted molar refractivity (Wildman–Crippen MR) is 167 cm³/mol. The molecular weight excluding hydrogens is 508 g/mol. The van der Waals surface area contributed by atoms with E-state index in [4.69, 9.17) is 0 Å². The van der Waals surface area contributed by atoms with Gasteiger partial charge in [-0.1, -0.05) is 43.2 Å². The number of hydrogen-bond acceptors (Lipinski definition) is 6. The molecule has 2 saturated carbocycles. The first-order chi connectivity index (χ1) is 20.2. The van der Waals surface area contributed by atoms with Crippen LogP contribution in [0.3, 0.4) is 0 Å². The van der Waals surface area contributed by atoms with Gasteiger partial charge in [0, 0.05) is 46.9 Å². The highest BCUT2D eigenvalue weighted by Crippen LogP contribution is 2.22. The van der Waals surface area contributed by atoms with Crippen molar-refractivity contribution in [1.82, 2.24) is 15.6 Å². The molecule has 208 valence electrons. The molecule has 2 aliphatic carbocycles. The Morgan fingerprint density at radius 3 is 2.41 bits per heavy atom. The summed E-state index contributed by atoms with van der Waals surface area (Å²) in [6, 6.07) is 21.9. The molecule has 0 aliphatic heterocycles. The van der Waals surface area contributed by atoms with E-state index in [0.29, 0.717) is 24.3 Å². The van der Waals surface area contributed by atoms with Crippen molar-refractivity contribution in [3.05, 3.63) is 101 Å². The molecule has 41 heavy (non-hydrogen) atoms. The quantitative estimate of drug-likeness (QED) is 0.222. The summed E-state index contributed by atoms with van der Waals surface area (Å²) in [7, 11) is 0. The molecule has 0 saturated heterocycles. The molecule has 1 aromatic heterocycles. The molecule has 0 bridgehead atoms. The third kappa shape index (κ3) is 8.39. The Morgan fingerprint density at radius 2 is 1.68 bits per heavy atom. The Kier molecular flexibility index (Phi) is 9.57. The lowest BCUT2D eigenvalue weighted by molar-refractivity contribution is 0.0951. The maximum atomic E-state index is 12.3. The number of nitrogens with one attached hydrogen (secondary N) is 3. The number of hydrogen-bond donors (Lipinski definition) is 3. The van der Waals surface area contributed by atoms with E-state index in [9.17, 15) is 4.79 Å². The number of amides is 1. The zero-order valence-electron chi connectivity index (χ0n) is 23.3. The largest absolute Gasteiger partial charge is 0.367 e. The van der Waals surface area contributed by atoms with Gasteiger partial charge in [0.2, 0.25) is 0 Å². The van der Waals surface area contributed by atoms with Gasteiger partial charge in [0.1, 0.15) is 12.5 Å². The number of aliphatic imine (C=N–C) groups is 2. The summed E-state index contributed by atoms with van der Waals surface area (Å²) >= 11 is 0. The lowest BCUT2D eigenvalue weighted by Gasteiger charge is -2.24. The first-order valence-electron chi connectivity index (χ1n) is 14.3. The Balaban J connectivity index is 1.20. The van der Waals surface area contributed by atoms with E-state index in [-0.39, 0.29) is 5.91 Å². The van der Waals surface area contributed by atoms with E-state index in [1.165, 1.54) is 19.3 Å². The molecule has 0 spiro atoms. The summed E-state index contributed by atoms with van der Waals surface area (Å²) in [6.45, 7) is 4.21. The number of nitrogens with zero attached hydrogens (tertiary/aromatic N) is 3. The van der Waals surface area contributed by atoms with Crippen molar-refractivity contribution < 1.29 is 4.79 Å². The zero-order valence-corrected chi connectivity index (χ0v) is 23.3. The number of carbonyl (C=O) groups is 1. The third-order valence-corrected chi connectivity index (χ3v) is 7.17. The Morgan fingerprint density at radius 1 is 0.902 bits per heavy atom. The van der Waals surface area contributed by atoms with Crippen molar-refractivity contribution in [2.45, 2.75) is 57.0 Å². The fourth-order valence-corrected chi connectivity index (χ4v) is 4.74. The molecule has 3 aromatic rings. The van der Waals surface area contributed by atoms with Gasteiger partial charge < -0.3 is 16.0 Å². The van der Waals surface area contributed by atoms with Crippen LogP contribution in [0.5, 0.6) is 0 Å². The highest BCUT2D eigenvalue weighted by molar-refractivity contribution is 6.10. The number of pyridine rings is 1. The van der Waals surface area contributed by atoms with Gasteiger partial charge in [0.05, 0.1) is 11.3 Å². The summed E-state index contributed by atoms with van der Waals surface area (Å²) in [5.74, 6) is 7.04. The summed E-state index contributed by atoms with van der Waals surface area (Å²) < 4.78 is 0. The number of benzene rings is 2. The van der Waals surface area contributed by atoms with Gasteiger partial charge in [-0.15, -0.1) is 0 Å². The van der Waals surface area contributed by atoms with Gasteiger partial charge in [-0.25, -0.2) is 4.99 Å². The Hall–Kier alpha value is -4.70. The first-order valence-corrected chi connectivity index (χ1v) is 14.3. The molecular formula is C34H36N6O. The summed E-state index contributed by atoms with van der Waals surface area (Å²) in [6.07, 6.45) is 11.7. The molecule has 0 atom stereocenters. The van der Waals surface area contributed by atoms with Crippen LogP contribution in [-0.2, 0) is 0 Å². The van der Waals surface area contributed by atoms with Crippen LogP contribution in [0, 0.1) is 11.8 Å². The fourth-order valence-electron chi connectivity index (χ4n) is 4.74. The lowest BCUT2D eigenvalue weighted by Crippen LogP contribution is -2.30. The van der Waals surface area contributed by atoms with E-state index in [1.807, 2.05) is 72.9 Å². The predicted octanol–water partition coefficient (Wildman–Crippen LogP) is 5.81. The normalized spacial score (nSPS) is 15.8. The highest BCUT2D eigenvalue weighted by Gasteiger charge is 2.23. The van der Waals surface area contributed by atoms with Crippen molar-refractivity contribution in [3.8, 4) is 11.8 Å². The van der Waals surface area contributed by atoms with Gasteiger partial charge in [-0.3, -0.25) is 14.8 Å². The van der Waals surface area contributed by atoms with Crippen LogP contribution in [0.25, 0.3) is 5.57 Å². The van der Waals surface area contributed by atoms with E-state index in [2.05, 4.69) is 49.5 Å². The third-order valence-electron chi connectivity index (χ3n) is 7.17. The number of carbonyl (C=O) groups excluding carboxylic acids is 1. The second-order valence-electron chi connectivity index (χ2n) is 10.4. The molecule has 2 fully saturated rings. The average molecular weight is 545 g/mol. The minimum atomic E-state index is -0.0330. The minimum absolute atomic E-state index is 0.0330. The van der Waals surface area contributed by atoms with E-state index in [1.54, 1.807) is 6.20 Å². The molecule has 0 unspecified atom stereocenters. The molecule has 3 N–H and O–H groups in total. The summed E-state index contributed by atoms with van der Waals surface area (Å²) in [4.78, 5) is 25.8. The summed E-state index contributed by atoms with van der Waals surface area (Å²) in [5, 5.41) is 9.93. The molecule has 1 amide bonds. The Labute approximate surface area is 242 Å². The molecule has 7 heteroatoms. The van der Waals surface area contributed by atoms with Crippen molar-refractivity contribution in [2.75, 3.05) is 12.0 Å². The van der Waals surface area contributed by atoms with E-state index in [0.717, 1.165) is 59.6 Å². The Bertz CT molecular complexity index is 1460. The topological polar surface area (TPSA) is 90.8 Å². The number of aromatic nitrogens is 1. The minimum Gasteiger partial charge on any atom is -0.367 e. The van der Waals surface area contributed by atoms with Crippen LogP contribution in [0.1, 0.15) is 72.1 Å². The van der Waals surface area contributed by atoms with E-state index >= 15 is 0 Å². The lowest BCUT2D eigenvalue weighted by atomic mass is 9.95. The molecule has 5 rings (SSSR count). The number of anilines is 1. The van der Waals surface area contributed by atoms with Crippen LogP contribution >= 0.6 is 0 Å². The van der Waals surface area contributed by atoms with Crippen molar-refractivity contribution in [3.63, 3.8) is 0 Å². The molecule has 0 radical (unpaired) electrons.